The second kappa shape index (κ2) is 5.51. The average Bonchev–Trinajstić information content (AvgIpc) is 2.25. The number of carbonyl (C=O) groups is 1. The Hall–Kier alpha value is -1.79. The summed E-state index contributed by atoms with van der Waals surface area (Å²) in [5.41, 5.74) is -1.51. The molecule has 1 aromatic rings. The van der Waals surface area contributed by atoms with Gasteiger partial charge in [-0.25, -0.2) is 13.2 Å². The molecule has 0 aliphatic carbocycles. The second-order valence-electron chi connectivity index (χ2n) is 3.10. The zero-order valence-electron chi connectivity index (χ0n) is 8.91. The lowest BCUT2D eigenvalue weighted by atomic mass is 10.1. The number of pyridine rings is 1. The molecule has 0 saturated carbocycles. The molecular weight excluding hydrogens is 239 g/mol. The maximum atomic E-state index is 13.4. The van der Waals surface area contributed by atoms with Crippen molar-refractivity contribution in [1.82, 2.24) is 4.98 Å². The molecule has 0 aliphatic heterocycles. The summed E-state index contributed by atoms with van der Waals surface area (Å²) in [6, 6.07) is 0. The van der Waals surface area contributed by atoms with E-state index in [9.17, 15) is 18.0 Å². The number of aromatic hydroxyl groups is 1. The van der Waals surface area contributed by atoms with E-state index in [0.29, 0.717) is 6.20 Å². The quantitative estimate of drug-likeness (QED) is 0.829. The largest absolute Gasteiger partial charge is 0.504 e. The van der Waals surface area contributed by atoms with E-state index in [0.717, 1.165) is 0 Å². The van der Waals surface area contributed by atoms with Crippen molar-refractivity contribution in [2.24, 2.45) is 0 Å². The maximum Gasteiger partial charge on any atom is 0.310 e. The third kappa shape index (κ3) is 3.08. The van der Waals surface area contributed by atoms with Gasteiger partial charge in [-0.1, -0.05) is 0 Å². The Kier molecular flexibility index (Phi) is 4.30. The van der Waals surface area contributed by atoms with Gasteiger partial charge in [-0.3, -0.25) is 9.78 Å². The normalized spacial score (nSPS) is 10.6. The molecule has 7 heteroatoms. The highest BCUT2D eigenvalue weighted by Crippen LogP contribution is 2.27. The van der Waals surface area contributed by atoms with Crippen LogP contribution < -0.4 is 0 Å². The minimum Gasteiger partial charge on any atom is -0.504 e. The maximum absolute atomic E-state index is 13.4. The van der Waals surface area contributed by atoms with E-state index < -0.39 is 41.6 Å². The van der Waals surface area contributed by atoms with Crippen LogP contribution in [-0.2, 0) is 16.0 Å². The summed E-state index contributed by atoms with van der Waals surface area (Å²) >= 11 is 0. The van der Waals surface area contributed by atoms with Gasteiger partial charge in [0.1, 0.15) is 5.69 Å². The molecule has 0 spiro atoms. The molecule has 0 saturated heterocycles. The number of alkyl halides is 2. The van der Waals surface area contributed by atoms with Gasteiger partial charge in [0.25, 0.3) is 6.43 Å². The molecule has 1 N–H and O–H groups in total. The van der Waals surface area contributed by atoms with E-state index in [1.807, 2.05) is 0 Å². The first-order chi connectivity index (χ1) is 7.97. The summed E-state index contributed by atoms with van der Waals surface area (Å²) in [4.78, 5) is 14.3. The zero-order valence-corrected chi connectivity index (χ0v) is 8.91. The van der Waals surface area contributed by atoms with Crippen LogP contribution in [0.3, 0.4) is 0 Å². The van der Waals surface area contributed by atoms with Gasteiger partial charge in [0.2, 0.25) is 0 Å². The summed E-state index contributed by atoms with van der Waals surface area (Å²) in [6.07, 6.45) is -3.15. The number of nitrogens with zero attached hydrogens (tertiary/aromatic N) is 1. The topological polar surface area (TPSA) is 59.4 Å². The lowest BCUT2D eigenvalue weighted by Gasteiger charge is -2.09. The minimum atomic E-state index is -3.03. The van der Waals surface area contributed by atoms with E-state index in [1.165, 1.54) is 6.92 Å². The smallest absolute Gasteiger partial charge is 0.310 e. The highest BCUT2D eigenvalue weighted by Gasteiger charge is 2.23. The zero-order chi connectivity index (χ0) is 13.0. The third-order valence-corrected chi connectivity index (χ3v) is 1.96. The molecule has 17 heavy (non-hydrogen) atoms. The van der Waals surface area contributed by atoms with E-state index in [1.54, 1.807) is 0 Å². The highest BCUT2D eigenvalue weighted by atomic mass is 19.3. The Morgan fingerprint density at radius 2 is 2.24 bits per heavy atom. The number of halogens is 3. The monoisotopic (exact) mass is 249 g/mol. The summed E-state index contributed by atoms with van der Waals surface area (Å²) < 4.78 is 42.9. The SMILES string of the molecule is CCOC(=O)Cc1c(C(F)F)ncc(O)c1F. The van der Waals surface area contributed by atoms with Crippen LogP contribution >= 0.6 is 0 Å². The van der Waals surface area contributed by atoms with E-state index in [2.05, 4.69) is 9.72 Å². The summed E-state index contributed by atoms with van der Waals surface area (Å²) in [5, 5.41) is 9.01. The Morgan fingerprint density at radius 3 is 2.76 bits per heavy atom. The summed E-state index contributed by atoms with van der Waals surface area (Å²) in [5.74, 6) is -3.02. The second-order valence-corrected chi connectivity index (χ2v) is 3.10. The van der Waals surface area contributed by atoms with Crippen LogP contribution in [0.1, 0.15) is 24.6 Å². The number of hydrogen-bond acceptors (Lipinski definition) is 4. The fourth-order valence-corrected chi connectivity index (χ4v) is 1.24. The van der Waals surface area contributed by atoms with E-state index in [4.69, 9.17) is 5.11 Å². The van der Waals surface area contributed by atoms with Gasteiger partial charge < -0.3 is 9.84 Å². The summed E-state index contributed by atoms with van der Waals surface area (Å²) in [6.45, 7) is 1.58. The molecule has 4 nitrogen and oxygen atoms in total. The van der Waals surface area contributed by atoms with Crippen LogP contribution in [0.5, 0.6) is 5.75 Å². The standard InChI is InChI=1S/C10H10F3NO3/c1-2-17-7(16)3-5-8(11)6(15)4-14-9(5)10(12)13/h4,10,15H,2-3H2,1H3. The van der Waals surface area contributed by atoms with Gasteiger partial charge >= 0.3 is 5.97 Å². The van der Waals surface area contributed by atoms with Crippen molar-refractivity contribution in [2.75, 3.05) is 6.61 Å². The van der Waals surface area contributed by atoms with Crippen molar-refractivity contribution in [3.05, 3.63) is 23.3 Å². The van der Waals surface area contributed by atoms with Crippen LogP contribution in [0, 0.1) is 5.82 Å². The molecule has 1 heterocycles. The Balaban J connectivity index is 3.10. The Bertz CT molecular complexity index is 424. The average molecular weight is 249 g/mol. The van der Waals surface area contributed by atoms with Crippen molar-refractivity contribution >= 4 is 5.97 Å². The molecule has 1 rings (SSSR count). The van der Waals surface area contributed by atoms with Gasteiger partial charge in [-0.15, -0.1) is 0 Å². The molecule has 1 aromatic heterocycles. The van der Waals surface area contributed by atoms with Crippen molar-refractivity contribution in [1.29, 1.82) is 0 Å². The fraction of sp³-hybridized carbons (Fsp3) is 0.400. The van der Waals surface area contributed by atoms with Crippen molar-refractivity contribution in [3.63, 3.8) is 0 Å². The molecule has 0 bridgehead atoms. The molecule has 0 amide bonds. The highest BCUT2D eigenvalue weighted by molar-refractivity contribution is 5.73. The van der Waals surface area contributed by atoms with Crippen molar-refractivity contribution in [3.8, 4) is 5.75 Å². The first-order valence-corrected chi connectivity index (χ1v) is 4.77. The fourth-order valence-electron chi connectivity index (χ4n) is 1.24. The van der Waals surface area contributed by atoms with Crippen LogP contribution in [0.4, 0.5) is 13.2 Å². The van der Waals surface area contributed by atoms with E-state index >= 15 is 0 Å². The predicted molar refractivity (Wildman–Crippen MR) is 51.2 cm³/mol. The van der Waals surface area contributed by atoms with Gasteiger partial charge in [-0.05, 0) is 6.92 Å². The number of esters is 1. The molecule has 0 unspecified atom stereocenters. The van der Waals surface area contributed by atoms with Crippen LogP contribution in [-0.4, -0.2) is 22.7 Å². The first-order valence-electron chi connectivity index (χ1n) is 4.77. The Labute approximate surface area is 95.0 Å². The lowest BCUT2D eigenvalue weighted by molar-refractivity contribution is -0.142. The van der Waals surface area contributed by atoms with Gasteiger partial charge in [0.15, 0.2) is 11.6 Å². The lowest BCUT2D eigenvalue weighted by Crippen LogP contribution is -2.12. The van der Waals surface area contributed by atoms with Gasteiger partial charge in [0, 0.05) is 5.56 Å². The van der Waals surface area contributed by atoms with Crippen LogP contribution in [0.25, 0.3) is 0 Å². The number of hydrogen-bond donors (Lipinski definition) is 1. The van der Waals surface area contributed by atoms with Crippen LogP contribution in [0.15, 0.2) is 6.20 Å². The molecule has 0 aliphatic rings. The predicted octanol–water partition coefficient (Wildman–Crippen LogP) is 1.97. The molecule has 0 fully saturated rings. The Morgan fingerprint density at radius 1 is 1.59 bits per heavy atom. The van der Waals surface area contributed by atoms with Crippen LogP contribution in [0.2, 0.25) is 0 Å². The summed E-state index contributed by atoms with van der Waals surface area (Å²) in [7, 11) is 0. The molecular formula is C10H10F3NO3. The van der Waals surface area contributed by atoms with Gasteiger partial charge in [-0.2, -0.15) is 0 Å². The molecule has 94 valence electrons. The minimum absolute atomic E-state index is 0.0523. The first kappa shape index (κ1) is 13.3. The number of aromatic nitrogens is 1. The third-order valence-electron chi connectivity index (χ3n) is 1.96. The number of rotatable bonds is 4. The van der Waals surface area contributed by atoms with E-state index in [-0.39, 0.29) is 6.61 Å². The van der Waals surface area contributed by atoms with Gasteiger partial charge in [0.05, 0.1) is 19.2 Å². The van der Waals surface area contributed by atoms with Crippen molar-refractivity contribution in [2.45, 2.75) is 19.8 Å². The number of ether oxygens (including phenoxy) is 1. The molecule has 0 atom stereocenters. The molecule has 0 radical (unpaired) electrons. The molecule has 0 aromatic carbocycles. The number of carbonyl (C=O) groups excluding carboxylic acids is 1. The van der Waals surface area contributed by atoms with Crippen molar-refractivity contribution < 1.29 is 27.8 Å².